The number of hydrogen-bond acceptors (Lipinski definition) is 6. The summed E-state index contributed by atoms with van der Waals surface area (Å²) in [5, 5.41) is 2.56. The van der Waals surface area contributed by atoms with Gasteiger partial charge in [0.2, 0.25) is 5.91 Å². The number of carbonyl (C=O) groups excluding carboxylic acids is 1. The van der Waals surface area contributed by atoms with Gasteiger partial charge in [-0.25, -0.2) is 4.98 Å². The summed E-state index contributed by atoms with van der Waals surface area (Å²) in [5.74, 6) is 0.387. The summed E-state index contributed by atoms with van der Waals surface area (Å²) >= 11 is 0. The maximum absolute atomic E-state index is 12.3. The molecule has 0 aliphatic carbocycles. The van der Waals surface area contributed by atoms with E-state index in [0.29, 0.717) is 22.7 Å². The van der Waals surface area contributed by atoms with Crippen LogP contribution in [0.3, 0.4) is 0 Å². The molecule has 1 aromatic heterocycles. The second-order valence-corrected chi connectivity index (χ2v) is 6.65. The van der Waals surface area contributed by atoms with Crippen LogP contribution < -0.4 is 9.50 Å². The molecule has 1 amide bonds. The van der Waals surface area contributed by atoms with Crippen molar-refractivity contribution in [3.8, 4) is 5.75 Å². The maximum Gasteiger partial charge on any atom is 0.339 e. The van der Waals surface area contributed by atoms with Gasteiger partial charge in [0.05, 0.1) is 0 Å². The molecular formula is C16H14N2O5S. The predicted octanol–water partition coefficient (Wildman–Crippen LogP) is 2.86. The lowest BCUT2D eigenvalue weighted by Crippen LogP contribution is -2.10. The van der Waals surface area contributed by atoms with E-state index in [1.54, 1.807) is 13.0 Å². The minimum absolute atomic E-state index is 0.0203. The van der Waals surface area contributed by atoms with Crippen LogP contribution in [0.1, 0.15) is 12.8 Å². The second kappa shape index (κ2) is 5.97. The van der Waals surface area contributed by atoms with Crippen LogP contribution in [0.15, 0.2) is 51.8 Å². The average molecular weight is 346 g/mol. The summed E-state index contributed by atoms with van der Waals surface area (Å²) in [7, 11) is -3.99. The Kier molecular flexibility index (Phi) is 3.98. The summed E-state index contributed by atoms with van der Waals surface area (Å²) < 4.78 is 35.1. The molecule has 0 aliphatic heterocycles. The standard InChI is InChI=1S/C16H14N2O5S/c1-10(19)17-12-3-6-14(7-4-12)24(20,21)23-13-5-8-16-15(9-13)18-11(2)22-16/h3-9H,1-2H3,(H,17,19). The number of amides is 1. The van der Waals surface area contributed by atoms with Gasteiger partial charge in [0.1, 0.15) is 16.2 Å². The van der Waals surface area contributed by atoms with E-state index in [0.717, 1.165) is 0 Å². The minimum atomic E-state index is -3.99. The summed E-state index contributed by atoms with van der Waals surface area (Å²) in [5.41, 5.74) is 1.57. The van der Waals surface area contributed by atoms with E-state index in [1.807, 2.05) is 0 Å². The molecule has 0 atom stereocenters. The van der Waals surface area contributed by atoms with Gasteiger partial charge in [0.25, 0.3) is 0 Å². The van der Waals surface area contributed by atoms with Crippen LogP contribution in [0.25, 0.3) is 11.1 Å². The first kappa shape index (κ1) is 16.0. The molecule has 0 fully saturated rings. The Bertz CT molecular complexity index is 1010. The van der Waals surface area contributed by atoms with Crippen LogP contribution in [0.4, 0.5) is 5.69 Å². The summed E-state index contributed by atoms with van der Waals surface area (Å²) in [6, 6.07) is 10.3. The van der Waals surface area contributed by atoms with Crippen molar-refractivity contribution in [2.24, 2.45) is 0 Å². The van der Waals surface area contributed by atoms with E-state index in [1.165, 1.54) is 43.3 Å². The zero-order valence-corrected chi connectivity index (χ0v) is 13.8. The van der Waals surface area contributed by atoms with Crippen LogP contribution in [-0.2, 0) is 14.9 Å². The van der Waals surface area contributed by atoms with Gasteiger partial charge >= 0.3 is 10.1 Å². The van der Waals surface area contributed by atoms with Crippen LogP contribution in [0.2, 0.25) is 0 Å². The summed E-state index contributed by atoms with van der Waals surface area (Å²) in [6.45, 7) is 3.07. The maximum atomic E-state index is 12.3. The Balaban J connectivity index is 1.85. The fourth-order valence-corrected chi connectivity index (χ4v) is 3.08. The molecular weight excluding hydrogens is 332 g/mol. The third-order valence-electron chi connectivity index (χ3n) is 3.14. The predicted molar refractivity (Wildman–Crippen MR) is 87.3 cm³/mol. The topological polar surface area (TPSA) is 98.5 Å². The van der Waals surface area contributed by atoms with Crippen molar-refractivity contribution in [1.82, 2.24) is 4.98 Å². The highest BCUT2D eigenvalue weighted by atomic mass is 32.2. The fraction of sp³-hybridized carbons (Fsp3) is 0.125. The summed E-state index contributed by atoms with van der Waals surface area (Å²) in [4.78, 5) is 15.1. The number of fused-ring (bicyclic) bond motifs is 1. The van der Waals surface area contributed by atoms with E-state index < -0.39 is 10.1 Å². The normalized spacial score (nSPS) is 11.4. The molecule has 0 radical (unpaired) electrons. The molecule has 1 heterocycles. The largest absolute Gasteiger partial charge is 0.441 e. The lowest BCUT2D eigenvalue weighted by molar-refractivity contribution is -0.114. The number of carbonyl (C=O) groups is 1. The van der Waals surface area contributed by atoms with Crippen molar-refractivity contribution < 1.29 is 21.8 Å². The van der Waals surface area contributed by atoms with Crippen molar-refractivity contribution in [3.05, 3.63) is 48.4 Å². The third-order valence-corrected chi connectivity index (χ3v) is 4.40. The lowest BCUT2D eigenvalue weighted by atomic mass is 10.3. The monoisotopic (exact) mass is 346 g/mol. The Hall–Kier alpha value is -2.87. The molecule has 0 spiro atoms. The molecule has 3 aromatic rings. The smallest absolute Gasteiger partial charge is 0.339 e. The third kappa shape index (κ3) is 3.38. The first-order valence-electron chi connectivity index (χ1n) is 7.03. The van der Waals surface area contributed by atoms with Crippen molar-refractivity contribution in [2.45, 2.75) is 18.7 Å². The van der Waals surface area contributed by atoms with E-state index >= 15 is 0 Å². The van der Waals surface area contributed by atoms with Gasteiger partial charge in [0.15, 0.2) is 11.5 Å². The van der Waals surface area contributed by atoms with Gasteiger partial charge in [0, 0.05) is 25.6 Å². The number of oxazole rings is 1. The van der Waals surface area contributed by atoms with E-state index in [9.17, 15) is 13.2 Å². The van der Waals surface area contributed by atoms with Gasteiger partial charge in [-0.3, -0.25) is 4.79 Å². The van der Waals surface area contributed by atoms with Crippen molar-refractivity contribution >= 4 is 32.8 Å². The summed E-state index contributed by atoms with van der Waals surface area (Å²) in [6.07, 6.45) is 0. The molecule has 2 aromatic carbocycles. The first-order chi connectivity index (χ1) is 11.3. The first-order valence-corrected chi connectivity index (χ1v) is 8.44. The van der Waals surface area contributed by atoms with Gasteiger partial charge in [-0.15, -0.1) is 0 Å². The van der Waals surface area contributed by atoms with Gasteiger partial charge < -0.3 is 13.9 Å². The highest BCUT2D eigenvalue weighted by Gasteiger charge is 2.17. The van der Waals surface area contributed by atoms with Gasteiger partial charge in [-0.1, -0.05) is 0 Å². The molecule has 0 saturated heterocycles. The molecule has 3 rings (SSSR count). The Morgan fingerprint density at radius 3 is 2.54 bits per heavy atom. The van der Waals surface area contributed by atoms with Crippen LogP contribution >= 0.6 is 0 Å². The lowest BCUT2D eigenvalue weighted by Gasteiger charge is -2.08. The Morgan fingerprint density at radius 2 is 1.88 bits per heavy atom. The van der Waals surface area contributed by atoms with E-state index in [2.05, 4.69) is 10.3 Å². The molecule has 124 valence electrons. The fourth-order valence-electron chi connectivity index (χ4n) is 2.16. The number of anilines is 1. The average Bonchev–Trinajstić information content (AvgIpc) is 2.86. The highest BCUT2D eigenvalue weighted by molar-refractivity contribution is 7.87. The molecule has 8 heteroatoms. The van der Waals surface area contributed by atoms with Crippen LogP contribution in [-0.4, -0.2) is 19.3 Å². The SMILES string of the molecule is CC(=O)Nc1ccc(S(=O)(=O)Oc2ccc3oc(C)nc3c2)cc1. The molecule has 0 bridgehead atoms. The zero-order chi connectivity index (χ0) is 17.3. The second-order valence-electron chi connectivity index (χ2n) is 5.11. The van der Waals surface area contributed by atoms with Gasteiger partial charge in [-0.2, -0.15) is 8.42 Å². The van der Waals surface area contributed by atoms with Crippen LogP contribution in [0, 0.1) is 6.92 Å². The number of aryl methyl sites for hydroxylation is 1. The molecule has 24 heavy (non-hydrogen) atoms. The minimum Gasteiger partial charge on any atom is -0.441 e. The molecule has 0 aliphatic rings. The van der Waals surface area contributed by atoms with Crippen molar-refractivity contribution in [2.75, 3.05) is 5.32 Å². The zero-order valence-electron chi connectivity index (χ0n) is 12.9. The molecule has 1 N–H and O–H groups in total. The quantitative estimate of drug-likeness (QED) is 0.729. The number of benzene rings is 2. The number of rotatable bonds is 4. The molecule has 0 unspecified atom stereocenters. The number of aromatic nitrogens is 1. The Labute approximate surface area is 138 Å². The molecule has 7 nitrogen and oxygen atoms in total. The van der Waals surface area contributed by atoms with Crippen LogP contribution in [0.5, 0.6) is 5.75 Å². The number of nitrogens with one attached hydrogen (secondary N) is 1. The van der Waals surface area contributed by atoms with E-state index in [4.69, 9.17) is 8.60 Å². The Morgan fingerprint density at radius 1 is 1.17 bits per heavy atom. The highest BCUT2D eigenvalue weighted by Crippen LogP contribution is 2.24. The van der Waals surface area contributed by atoms with Crippen molar-refractivity contribution in [1.29, 1.82) is 0 Å². The molecule has 0 saturated carbocycles. The van der Waals surface area contributed by atoms with E-state index in [-0.39, 0.29) is 16.6 Å². The van der Waals surface area contributed by atoms with Gasteiger partial charge in [-0.05, 0) is 36.4 Å². The van der Waals surface area contributed by atoms with Crippen molar-refractivity contribution in [3.63, 3.8) is 0 Å². The number of hydrogen-bond donors (Lipinski definition) is 1. The number of nitrogens with zero attached hydrogens (tertiary/aromatic N) is 1.